The van der Waals surface area contributed by atoms with E-state index in [1.165, 1.54) is 0 Å². The van der Waals surface area contributed by atoms with Gasteiger partial charge in [-0.3, -0.25) is 15.5 Å². The number of hydrogen-bond acceptors (Lipinski definition) is 7. The molecule has 2 rings (SSSR count). The minimum atomic E-state index is -0.551. The van der Waals surface area contributed by atoms with Gasteiger partial charge >= 0.3 is 5.69 Å². The van der Waals surface area contributed by atoms with E-state index in [0.717, 1.165) is 11.8 Å². The molecule has 0 aliphatic heterocycles. The van der Waals surface area contributed by atoms with Gasteiger partial charge in [0.05, 0.1) is 4.92 Å². The third kappa shape index (κ3) is 4.01. The van der Waals surface area contributed by atoms with Crippen molar-refractivity contribution in [2.75, 3.05) is 17.3 Å². The van der Waals surface area contributed by atoms with Crippen LogP contribution in [0.15, 0.2) is 30.5 Å². The highest BCUT2D eigenvalue weighted by molar-refractivity contribution is 6.30. The van der Waals surface area contributed by atoms with E-state index in [2.05, 4.69) is 20.7 Å². The number of nitrogens with one attached hydrogen (secondary N) is 2. The molecule has 0 radical (unpaired) electrons. The summed E-state index contributed by atoms with van der Waals surface area (Å²) in [4.78, 5) is 18.0. The van der Waals surface area contributed by atoms with Gasteiger partial charge in [0.1, 0.15) is 6.20 Å². The normalized spacial score (nSPS) is 10.2. The SMILES string of the molecule is NNc1ncc([N+](=O)[O-])c(NCCc2ccc(Cl)cc2)n1. The molecule has 1 aromatic heterocycles. The number of benzene rings is 1. The van der Waals surface area contributed by atoms with Crippen LogP contribution in [0.3, 0.4) is 0 Å². The van der Waals surface area contributed by atoms with Crippen molar-refractivity contribution >= 4 is 29.1 Å². The average Bonchev–Trinajstić information content (AvgIpc) is 2.49. The van der Waals surface area contributed by atoms with Crippen molar-refractivity contribution < 1.29 is 4.92 Å². The number of nitro groups is 1. The van der Waals surface area contributed by atoms with Crippen LogP contribution >= 0.6 is 11.6 Å². The van der Waals surface area contributed by atoms with E-state index in [0.29, 0.717) is 18.0 Å². The molecule has 8 nitrogen and oxygen atoms in total. The molecule has 0 amide bonds. The Balaban J connectivity index is 2.04. The molecule has 110 valence electrons. The number of rotatable bonds is 6. The molecule has 0 aliphatic carbocycles. The number of aromatic nitrogens is 2. The van der Waals surface area contributed by atoms with Crippen LogP contribution in [-0.2, 0) is 6.42 Å². The van der Waals surface area contributed by atoms with E-state index in [9.17, 15) is 10.1 Å². The zero-order valence-electron chi connectivity index (χ0n) is 10.9. The van der Waals surface area contributed by atoms with Crippen molar-refractivity contribution in [3.05, 3.63) is 51.2 Å². The van der Waals surface area contributed by atoms with E-state index in [1.807, 2.05) is 12.1 Å². The smallest absolute Gasteiger partial charge is 0.329 e. The van der Waals surface area contributed by atoms with Gasteiger partial charge in [-0.15, -0.1) is 0 Å². The number of nitrogens with zero attached hydrogens (tertiary/aromatic N) is 3. The summed E-state index contributed by atoms with van der Waals surface area (Å²) < 4.78 is 0. The Morgan fingerprint density at radius 3 is 2.67 bits per heavy atom. The number of nitrogen functional groups attached to an aromatic ring is 1. The third-order valence-corrected chi connectivity index (χ3v) is 2.97. The Hall–Kier alpha value is -2.45. The van der Waals surface area contributed by atoms with Crippen LogP contribution in [0.4, 0.5) is 17.5 Å². The lowest BCUT2D eigenvalue weighted by Crippen LogP contribution is -2.14. The fraction of sp³-hybridized carbons (Fsp3) is 0.167. The lowest BCUT2D eigenvalue weighted by molar-refractivity contribution is -0.384. The van der Waals surface area contributed by atoms with Gasteiger partial charge in [0.25, 0.3) is 0 Å². The zero-order chi connectivity index (χ0) is 15.2. The van der Waals surface area contributed by atoms with Gasteiger partial charge in [0, 0.05) is 11.6 Å². The number of hydrogen-bond donors (Lipinski definition) is 3. The van der Waals surface area contributed by atoms with Gasteiger partial charge < -0.3 is 5.32 Å². The predicted molar refractivity (Wildman–Crippen MR) is 80.1 cm³/mol. The Bertz CT molecular complexity index is 634. The molecule has 0 saturated carbocycles. The largest absolute Gasteiger partial charge is 0.364 e. The van der Waals surface area contributed by atoms with E-state index in [4.69, 9.17) is 17.4 Å². The highest BCUT2D eigenvalue weighted by Gasteiger charge is 2.16. The van der Waals surface area contributed by atoms with Crippen LogP contribution in [-0.4, -0.2) is 21.4 Å². The predicted octanol–water partition coefficient (Wildman–Crippen LogP) is 1.98. The molecule has 0 saturated heterocycles. The second kappa shape index (κ2) is 6.82. The lowest BCUT2D eigenvalue weighted by atomic mass is 10.1. The topological polar surface area (TPSA) is 119 Å². The second-order valence-electron chi connectivity index (χ2n) is 4.13. The molecule has 0 spiro atoms. The first-order valence-electron chi connectivity index (χ1n) is 6.06. The molecule has 0 atom stereocenters. The Morgan fingerprint density at radius 1 is 1.33 bits per heavy atom. The van der Waals surface area contributed by atoms with Crippen LogP contribution in [0, 0.1) is 10.1 Å². The Morgan fingerprint density at radius 2 is 2.05 bits per heavy atom. The third-order valence-electron chi connectivity index (χ3n) is 2.71. The number of hydrazine groups is 1. The van der Waals surface area contributed by atoms with Crippen LogP contribution < -0.4 is 16.6 Å². The summed E-state index contributed by atoms with van der Waals surface area (Å²) in [5, 5.41) is 14.5. The van der Waals surface area contributed by atoms with Gasteiger partial charge in [0.15, 0.2) is 0 Å². The maximum atomic E-state index is 10.9. The molecule has 1 aromatic carbocycles. The molecule has 9 heteroatoms. The summed E-state index contributed by atoms with van der Waals surface area (Å²) in [7, 11) is 0. The second-order valence-corrected chi connectivity index (χ2v) is 4.57. The molecule has 21 heavy (non-hydrogen) atoms. The maximum absolute atomic E-state index is 10.9. The minimum Gasteiger partial charge on any atom is -0.364 e. The van der Waals surface area contributed by atoms with Crippen molar-refractivity contribution in [2.45, 2.75) is 6.42 Å². The molecule has 0 aliphatic rings. The molecular weight excluding hydrogens is 296 g/mol. The lowest BCUT2D eigenvalue weighted by Gasteiger charge is -2.07. The van der Waals surface area contributed by atoms with Crippen molar-refractivity contribution in [3.8, 4) is 0 Å². The van der Waals surface area contributed by atoms with Crippen LogP contribution in [0.1, 0.15) is 5.56 Å². The summed E-state index contributed by atoms with van der Waals surface area (Å²) >= 11 is 5.80. The van der Waals surface area contributed by atoms with Gasteiger partial charge in [0.2, 0.25) is 11.8 Å². The fourth-order valence-corrected chi connectivity index (χ4v) is 1.81. The standard InChI is InChI=1S/C12H13ClN6O2/c13-9-3-1-8(2-4-9)5-6-15-11-10(19(20)21)7-16-12(17-11)18-14/h1-4,7H,5-6,14H2,(H2,15,16,17,18). The molecule has 1 heterocycles. The molecule has 4 N–H and O–H groups in total. The van der Waals surface area contributed by atoms with E-state index < -0.39 is 4.92 Å². The van der Waals surface area contributed by atoms with Crippen LogP contribution in [0.5, 0.6) is 0 Å². The Kier molecular flexibility index (Phi) is 4.85. The minimum absolute atomic E-state index is 0.106. The van der Waals surface area contributed by atoms with E-state index >= 15 is 0 Å². The van der Waals surface area contributed by atoms with Gasteiger partial charge in [-0.1, -0.05) is 23.7 Å². The maximum Gasteiger partial charge on any atom is 0.329 e. The summed E-state index contributed by atoms with van der Waals surface area (Å²) in [6, 6.07) is 7.37. The van der Waals surface area contributed by atoms with Gasteiger partial charge in [-0.05, 0) is 24.1 Å². The average molecular weight is 309 g/mol. The summed E-state index contributed by atoms with van der Waals surface area (Å²) in [6.07, 6.45) is 1.77. The molecule has 0 bridgehead atoms. The first kappa shape index (κ1) is 14.9. The first-order valence-corrected chi connectivity index (χ1v) is 6.44. The van der Waals surface area contributed by atoms with Crippen molar-refractivity contribution in [1.29, 1.82) is 0 Å². The molecule has 0 fully saturated rings. The Labute approximate surface area is 125 Å². The monoisotopic (exact) mass is 308 g/mol. The number of halogens is 1. The van der Waals surface area contributed by atoms with Crippen LogP contribution in [0.25, 0.3) is 0 Å². The molecule has 0 unspecified atom stereocenters. The summed E-state index contributed by atoms with van der Waals surface area (Å²) in [5.74, 6) is 5.42. The molecular formula is C12H13ClN6O2. The quantitative estimate of drug-likeness (QED) is 0.424. The summed E-state index contributed by atoms with van der Waals surface area (Å²) in [6.45, 7) is 0.476. The van der Waals surface area contributed by atoms with Crippen molar-refractivity contribution in [1.82, 2.24) is 9.97 Å². The van der Waals surface area contributed by atoms with Crippen molar-refractivity contribution in [2.24, 2.45) is 5.84 Å². The molecule has 2 aromatic rings. The van der Waals surface area contributed by atoms with Crippen molar-refractivity contribution in [3.63, 3.8) is 0 Å². The van der Waals surface area contributed by atoms with Crippen LogP contribution in [0.2, 0.25) is 5.02 Å². The van der Waals surface area contributed by atoms with Gasteiger partial charge in [-0.2, -0.15) is 4.98 Å². The number of anilines is 2. The zero-order valence-corrected chi connectivity index (χ0v) is 11.7. The van der Waals surface area contributed by atoms with E-state index in [-0.39, 0.29) is 17.5 Å². The summed E-state index contributed by atoms with van der Waals surface area (Å²) in [5.41, 5.74) is 3.10. The van der Waals surface area contributed by atoms with E-state index in [1.54, 1.807) is 12.1 Å². The number of nitrogens with two attached hydrogens (primary N) is 1. The highest BCUT2D eigenvalue weighted by atomic mass is 35.5. The highest BCUT2D eigenvalue weighted by Crippen LogP contribution is 2.21. The first-order chi connectivity index (χ1) is 10.1. The van der Waals surface area contributed by atoms with Gasteiger partial charge in [-0.25, -0.2) is 10.8 Å². The fourth-order valence-electron chi connectivity index (χ4n) is 1.69.